The van der Waals surface area contributed by atoms with Crippen LogP contribution in [-0.2, 0) is 11.8 Å². The standard InChI is InChI=1S/C12H16N6O2/c1-17-10-9(6-16-17)11(15-7-14-10)18-4-2-8(3-5-18)20-12(13)19/h6-8H,2-5H2,1H3,(H2,13,19). The predicted molar refractivity (Wildman–Crippen MR) is 72.2 cm³/mol. The third-order valence-corrected chi connectivity index (χ3v) is 3.53. The van der Waals surface area contributed by atoms with Crippen LogP contribution in [-0.4, -0.2) is 45.0 Å². The van der Waals surface area contributed by atoms with Crippen molar-refractivity contribution in [3.05, 3.63) is 12.5 Å². The minimum absolute atomic E-state index is 0.102. The average molecular weight is 276 g/mol. The summed E-state index contributed by atoms with van der Waals surface area (Å²) in [7, 11) is 1.85. The van der Waals surface area contributed by atoms with E-state index in [4.69, 9.17) is 10.5 Å². The fraction of sp³-hybridized carbons (Fsp3) is 0.500. The summed E-state index contributed by atoms with van der Waals surface area (Å²) in [5.41, 5.74) is 5.85. The van der Waals surface area contributed by atoms with Crippen molar-refractivity contribution >= 4 is 22.9 Å². The molecule has 106 valence electrons. The highest BCUT2D eigenvalue weighted by Crippen LogP contribution is 2.25. The number of carbonyl (C=O) groups excluding carboxylic acids is 1. The number of nitrogens with zero attached hydrogens (tertiary/aromatic N) is 5. The molecule has 0 atom stereocenters. The number of carbonyl (C=O) groups is 1. The Bertz CT molecular complexity index is 632. The van der Waals surface area contributed by atoms with Crippen molar-refractivity contribution in [2.45, 2.75) is 18.9 Å². The number of anilines is 1. The van der Waals surface area contributed by atoms with Gasteiger partial charge in [0.2, 0.25) is 0 Å². The van der Waals surface area contributed by atoms with E-state index in [1.807, 2.05) is 7.05 Å². The first-order chi connectivity index (χ1) is 9.65. The van der Waals surface area contributed by atoms with Gasteiger partial charge in [0, 0.05) is 33.0 Å². The molecule has 20 heavy (non-hydrogen) atoms. The first kappa shape index (κ1) is 12.6. The first-order valence-corrected chi connectivity index (χ1v) is 6.49. The Morgan fingerprint density at radius 3 is 2.85 bits per heavy atom. The number of nitrogens with two attached hydrogens (primary N) is 1. The van der Waals surface area contributed by atoms with E-state index in [1.165, 1.54) is 0 Å². The van der Waals surface area contributed by atoms with Crippen LogP contribution in [0.25, 0.3) is 11.0 Å². The first-order valence-electron chi connectivity index (χ1n) is 6.49. The maximum absolute atomic E-state index is 10.8. The summed E-state index contributed by atoms with van der Waals surface area (Å²) in [5, 5.41) is 5.14. The van der Waals surface area contributed by atoms with Gasteiger partial charge in [0.05, 0.1) is 11.6 Å². The molecule has 0 aromatic carbocycles. The minimum Gasteiger partial charge on any atom is -0.446 e. The maximum Gasteiger partial charge on any atom is 0.404 e. The number of hydrogen-bond acceptors (Lipinski definition) is 6. The molecule has 0 saturated carbocycles. The van der Waals surface area contributed by atoms with E-state index in [0.717, 1.165) is 42.8 Å². The smallest absolute Gasteiger partial charge is 0.404 e. The van der Waals surface area contributed by atoms with Crippen LogP contribution in [0, 0.1) is 0 Å². The molecular weight excluding hydrogens is 260 g/mol. The molecule has 1 fully saturated rings. The van der Waals surface area contributed by atoms with Crippen LogP contribution < -0.4 is 10.6 Å². The Balaban J connectivity index is 1.78. The molecule has 0 spiro atoms. The number of fused-ring (bicyclic) bond motifs is 1. The van der Waals surface area contributed by atoms with Crippen molar-refractivity contribution in [3.63, 3.8) is 0 Å². The molecular formula is C12H16N6O2. The largest absolute Gasteiger partial charge is 0.446 e. The van der Waals surface area contributed by atoms with Gasteiger partial charge in [-0.3, -0.25) is 4.68 Å². The topological polar surface area (TPSA) is 99.2 Å². The van der Waals surface area contributed by atoms with Crippen LogP contribution in [0.1, 0.15) is 12.8 Å². The van der Waals surface area contributed by atoms with E-state index in [-0.39, 0.29) is 6.10 Å². The second-order valence-corrected chi connectivity index (χ2v) is 4.83. The molecule has 3 rings (SSSR count). The zero-order valence-corrected chi connectivity index (χ0v) is 11.2. The van der Waals surface area contributed by atoms with Crippen LogP contribution in [0.3, 0.4) is 0 Å². The number of aromatic nitrogens is 4. The maximum atomic E-state index is 10.8. The van der Waals surface area contributed by atoms with Crippen molar-refractivity contribution in [3.8, 4) is 0 Å². The second kappa shape index (κ2) is 4.95. The lowest BCUT2D eigenvalue weighted by Gasteiger charge is -2.32. The van der Waals surface area contributed by atoms with Crippen LogP contribution in [0.4, 0.5) is 10.6 Å². The molecule has 2 aromatic heterocycles. The SMILES string of the molecule is Cn1ncc2c(N3CCC(OC(N)=O)CC3)ncnc21. The molecule has 2 aromatic rings. The Hall–Kier alpha value is -2.38. The molecule has 1 saturated heterocycles. The van der Waals surface area contributed by atoms with E-state index in [2.05, 4.69) is 20.0 Å². The highest BCUT2D eigenvalue weighted by atomic mass is 16.6. The molecule has 3 heterocycles. The zero-order chi connectivity index (χ0) is 14.1. The molecule has 8 nitrogen and oxygen atoms in total. The Labute approximate surface area is 115 Å². The summed E-state index contributed by atoms with van der Waals surface area (Å²) in [5.74, 6) is 0.876. The van der Waals surface area contributed by atoms with E-state index < -0.39 is 6.09 Å². The van der Waals surface area contributed by atoms with Crippen molar-refractivity contribution in [2.24, 2.45) is 12.8 Å². The number of hydrogen-bond donors (Lipinski definition) is 1. The summed E-state index contributed by atoms with van der Waals surface area (Å²) >= 11 is 0. The van der Waals surface area contributed by atoms with Gasteiger partial charge in [0.1, 0.15) is 18.2 Å². The lowest BCUT2D eigenvalue weighted by atomic mass is 10.1. The number of aryl methyl sites for hydroxylation is 1. The number of primary amides is 1. The zero-order valence-electron chi connectivity index (χ0n) is 11.2. The van der Waals surface area contributed by atoms with Crippen molar-refractivity contribution in [2.75, 3.05) is 18.0 Å². The van der Waals surface area contributed by atoms with Crippen LogP contribution >= 0.6 is 0 Å². The van der Waals surface area contributed by atoms with Gasteiger partial charge >= 0.3 is 6.09 Å². The van der Waals surface area contributed by atoms with E-state index >= 15 is 0 Å². The van der Waals surface area contributed by atoms with Gasteiger partial charge in [-0.1, -0.05) is 0 Å². The van der Waals surface area contributed by atoms with Crippen LogP contribution in [0.5, 0.6) is 0 Å². The summed E-state index contributed by atoms with van der Waals surface area (Å²) in [6, 6.07) is 0. The fourth-order valence-electron chi connectivity index (χ4n) is 2.55. The molecule has 0 aliphatic carbocycles. The normalized spacial score (nSPS) is 16.6. The van der Waals surface area contributed by atoms with Crippen molar-refractivity contribution in [1.82, 2.24) is 19.7 Å². The highest BCUT2D eigenvalue weighted by Gasteiger charge is 2.24. The second-order valence-electron chi connectivity index (χ2n) is 4.83. The van der Waals surface area contributed by atoms with Gasteiger partial charge in [0.15, 0.2) is 5.65 Å². The summed E-state index contributed by atoms with van der Waals surface area (Å²) in [6.45, 7) is 1.53. The Morgan fingerprint density at radius 2 is 2.15 bits per heavy atom. The fourth-order valence-corrected chi connectivity index (χ4v) is 2.55. The molecule has 1 aliphatic rings. The van der Waals surface area contributed by atoms with Gasteiger partial charge in [-0.05, 0) is 0 Å². The Kier molecular flexibility index (Phi) is 3.13. The molecule has 0 unspecified atom stereocenters. The van der Waals surface area contributed by atoms with Gasteiger partial charge in [-0.2, -0.15) is 5.10 Å². The van der Waals surface area contributed by atoms with E-state index in [9.17, 15) is 4.79 Å². The van der Waals surface area contributed by atoms with Gasteiger partial charge in [-0.15, -0.1) is 0 Å². The summed E-state index contributed by atoms with van der Waals surface area (Å²) < 4.78 is 6.76. The molecule has 0 bridgehead atoms. The van der Waals surface area contributed by atoms with Crippen LogP contribution in [0.15, 0.2) is 12.5 Å². The number of amides is 1. The highest BCUT2D eigenvalue weighted by molar-refractivity contribution is 5.86. The third kappa shape index (κ3) is 2.24. The molecule has 2 N–H and O–H groups in total. The van der Waals surface area contributed by atoms with Crippen LogP contribution in [0.2, 0.25) is 0 Å². The predicted octanol–water partition coefficient (Wildman–Crippen LogP) is 0.427. The monoisotopic (exact) mass is 276 g/mol. The third-order valence-electron chi connectivity index (χ3n) is 3.53. The van der Waals surface area contributed by atoms with Crippen molar-refractivity contribution < 1.29 is 9.53 Å². The van der Waals surface area contributed by atoms with Crippen molar-refractivity contribution in [1.29, 1.82) is 0 Å². The lowest BCUT2D eigenvalue weighted by Crippen LogP contribution is -2.39. The van der Waals surface area contributed by atoms with E-state index in [1.54, 1.807) is 17.2 Å². The van der Waals surface area contributed by atoms with Gasteiger partial charge in [-0.25, -0.2) is 14.8 Å². The number of rotatable bonds is 2. The van der Waals surface area contributed by atoms with Gasteiger partial charge in [0.25, 0.3) is 0 Å². The van der Waals surface area contributed by atoms with Gasteiger partial charge < -0.3 is 15.4 Å². The molecule has 0 radical (unpaired) electrons. The molecule has 1 amide bonds. The van der Waals surface area contributed by atoms with E-state index in [0.29, 0.717) is 0 Å². The quantitative estimate of drug-likeness (QED) is 0.853. The minimum atomic E-state index is -0.708. The molecule has 8 heteroatoms. The average Bonchev–Trinajstić information content (AvgIpc) is 2.81. The lowest BCUT2D eigenvalue weighted by molar-refractivity contribution is 0.0912. The number of piperidine rings is 1. The molecule has 1 aliphatic heterocycles. The summed E-state index contributed by atoms with van der Waals surface area (Å²) in [6.07, 6.45) is 4.00. The Morgan fingerprint density at radius 1 is 1.40 bits per heavy atom. The summed E-state index contributed by atoms with van der Waals surface area (Å²) in [4.78, 5) is 21.5. The number of ether oxygens (including phenoxy) is 1.